The molecule has 10 heteroatoms. The molecule has 0 aliphatic rings. The van der Waals surface area contributed by atoms with Crippen LogP contribution in [0.4, 0.5) is 13.2 Å². The van der Waals surface area contributed by atoms with E-state index in [0.717, 1.165) is 6.54 Å². The Hall–Kier alpha value is -0.870. The predicted molar refractivity (Wildman–Crippen MR) is 40.1 cm³/mol. The first-order chi connectivity index (χ1) is 6.02. The van der Waals surface area contributed by atoms with Crippen molar-refractivity contribution in [2.45, 2.75) is 12.4 Å². The van der Waals surface area contributed by atoms with Crippen LogP contribution in [0.25, 0.3) is 0 Å². The number of hydrogen-bond acceptors (Lipinski definition) is 4. The van der Waals surface area contributed by atoms with Crippen LogP contribution in [-0.2, 0) is 10.1 Å². The Morgan fingerprint density at radius 1 is 1.57 bits per heavy atom. The fourth-order valence-electron chi connectivity index (χ4n) is 0.220. The summed E-state index contributed by atoms with van der Waals surface area (Å²) in [5.74, 6) is 0.164. The SMILES string of the molecule is CC[NH2+]C(=N)N.O=S(=O)([O-])C(F)(F)F. The van der Waals surface area contributed by atoms with Gasteiger partial charge in [0.15, 0.2) is 10.1 Å². The summed E-state index contributed by atoms with van der Waals surface area (Å²) in [4.78, 5) is 0. The van der Waals surface area contributed by atoms with Crippen molar-refractivity contribution in [3.05, 3.63) is 0 Å². The lowest BCUT2D eigenvalue weighted by Gasteiger charge is -2.08. The van der Waals surface area contributed by atoms with Gasteiger partial charge in [0.25, 0.3) is 5.96 Å². The molecule has 0 aromatic carbocycles. The summed E-state index contributed by atoms with van der Waals surface area (Å²) in [6, 6.07) is 0. The Balaban J connectivity index is 0. The summed E-state index contributed by atoms with van der Waals surface area (Å²) >= 11 is 0. The average Bonchev–Trinajstić information content (AvgIpc) is 1.82. The van der Waals surface area contributed by atoms with Gasteiger partial charge >= 0.3 is 5.51 Å². The Labute approximate surface area is 78.5 Å². The number of nitrogens with two attached hydrogens (primary N) is 2. The maximum absolute atomic E-state index is 10.7. The molecule has 0 spiro atoms. The molecule has 86 valence electrons. The minimum Gasteiger partial charge on any atom is -0.741 e. The maximum Gasteiger partial charge on any atom is 0.485 e. The largest absolute Gasteiger partial charge is 0.741 e. The van der Waals surface area contributed by atoms with Crippen LogP contribution in [0.5, 0.6) is 0 Å². The zero-order valence-electron chi connectivity index (χ0n) is 7.13. The highest BCUT2D eigenvalue weighted by atomic mass is 32.2. The van der Waals surface area contributed by atoms with Gasteiger partial charge in [0.2, 0.25) is 0 Å². The third-order valence-corrected chi connectivity index (χ3v) is 1.27. The Kier molecular flexibility index (Phi) is 6.43. The van der Waals surface area contributed by atoms with Crippen LogP contribution in [0.2, 0.25) is 0 Å². The molecule has 0 aliphatic carbocycles. The molecule has 0 rings (SSSR count). The maximum atomic E-state index is 10.7. The van der Waals surface area contributed by atoms with Crippen LogP contribution in [0, 0.1) is 5.41 Å². The first kappa shape index (κ1) is 15.6. The van der Waals surface area contributed by atoms with Gasteiger partial charge in [-0.05, 0) is 6.92 Å². The summed E-state index contributed by atoms with van der Waals surface area (Å²) in [5, 5.41) is 8.27. The first-order valence-corrected chi connectivity index (χ1v) is 4.62. The van der Waals surface area contributed by atoms with E-state index in [1.807, 2.05) is 6.92 Å². The molecule has 0 aromatic rings. The van der Waals surface area contributed by atoms with Gasteiger partial charge in [-0.2, -0.15) is 13.2 Å². The molecule has 0 heterocycles. The molecule has 0 aromatic heterocycles. The third-order valence-electron chi connectivity index (χ3n) is 0.708. The second-order valence-electron chi connectivity index (χ2n) is 1.97. The summed E-state index contributed by atoms with van der Waals surface area (Å²) in [6.07, 6.45) is 0. The molecule has 14 heavy (non-hydrogen) atoms. The van der Waals surface area contributed by atoms with Crippen molar-refractivity contribution in [2.75, 3.05) is 6.54 Å². The van der Waals surface area contributed by atoms with E-state index in [4.69, 9.17) is 24.1 Å². The molecule has 0 aliphatic heterocycles. The molecule has 0 fully saturated rings. The van der Waals surface area contributed by atoms with Gasteiger partial charge in [-0.3, -0.25) is 5.32 Å². The van der Waals surface area contributed by atoms with Gasteiger partial charge in [0, 0.05) is 0 Å². The molecule has 0 amide bonds. The lowest BCUT2D eigenvalue weighted by Crippen LogP contribution is -2.89. The zero-order valence-corrected chi connectivity index (χ0v) is 7.95. The van der Waals surface area contributed by atoms with Crippen LogP contribution in [0.1, 0.15) is 6.92 Å². The smallest absolute Gasteiger partial charge is 0.485 e. The molecule has 6 nitrogen and oxygen atoms in total. The Morgan fingerprint density at radius 3 is 1.86 bits per heavy atom. The number of guanidine groups is 1. The number of nitrogens with one attached hydrogen (secondary N) is 1. The third kappa shape index (κ3) is 9.22. The van der Waals surface area contributed by atoms with Gasteiger partial charge in [-0.15, -0.1) is 0 Å². The molecule has 0 saturated carbocycles. The lowest BCUT2D eigenvalue weighted by molar-refractivity contribution is -0.538. The molecule has 5 N–H and O–H groups in total. The first-order valence-electron chi connectivity index (χ1n) is 3.21. The highest BCUT2D eigenvalue weighted by molar-refractivity contribution is 7.86. The quantitative estimate of drug-likeness (QED) is 0.222. The Morgan fingerprint density at radius 2 is 1.86 bits per heavy atom. The predicted octanol–water partition coefficient (Wildman–Crippen LogP) is -1.49. The lowest BCUT2D eigenvalue weighted by atomic mass is 10.7. The van der Waals surface area contributed by atoms with Gasteiger partial charge in [-0.25, -0.2) is 13.8 Å². The summed E-state index contributed by atoms with van der Waals surface area (Å²) < 4.78 is 58.9. The van der Waals surface area contributed by atoms with Gasteiger partial charge in [0.05, 0.1) is 6.54 Å². The van der Waals surface area contributed by atoms with Crippen LogP contribution < -0.4 is 11.1 Å². The van der Waals surface area contributed by atoms with Gasteiger partial charge < -0.3 is 10.3 Å². The van der Waals surface area contributed by atoms with E-state index in [1.54, 1.807) is 5.32 Å². The van der Waals surface area contributed by atoms with Crippen LogP contribution in [0.15, 0.2) is 0 Å². The number of alkyl halides is 3. The standard InChI is InChI=1S/C3H9N3.CHF3O3S/c1-2-6-3(4)5;2-1(3,4)8(5,6)7/h2H2,1H3,(H4,4,5,6);(H,5,6,7). The van der Waals surface area contributed by atoms with Crippen molar-refractivity contribution < 1.29 is 31.5 Å². The van der Waals surface area contributed by atoms with Crippen molar-refractivity contribution in [3.8, 4) is 0 Å². The Bertz CT molecular complexity index is 273. The fourth-order valence-corrected chi connectivity index (χ4v) is 0.220. The van der Waals surface area contributed by atoms with E-state index in [1.165, 1.54) is 0 Å². The molecular weight excluding hydrogens is 227 g/mol. The van der Waals surface area contributed by atoms with Crippen molar-refractivity contribution in [1.29, 1.82) is 5.41 Å². The summed E-state index contributed by atoms with van der Waals surface area (Å²) in [5.41, 5.74) is -0.715. The van der Waals surface area contributed by atoms with E-state index in [9.17, 15) is 13.2 Å². The van der Waals surface area contributed by atoms with Gasteiger partial charge in [0.1, 0.15) is 0 Å². The topological polar surface area (TPSA) is 124 Å². The second kappa shape index (κ2) is 5.78. The minimum absolute atomic E-state index is 0.164. The fraction of sp³-hybridized carbons (Fsp3) is 0.750. The highest BCUT2D eigenvalue weighted by Crippen LogP contribution is 2.20. The minimum atomic E-state index is -6.09. The van der Waals surface area contributed by atoms with Crippen molar-refractivity contribution in [2.24, 2.45) is 5.73 Å². The van der Waals surface area contributed by atoms with Gasteiger partial charge in [-0.1, -0.05) is 0 Å². The molecule has 0 unspecified atom stereocenters. The number of quaternary nitrogens is 1. The van der Waals surface area contributed by atoms with E-state index in [2.05, 4.69) is 0 Å². The number of halogens is 3. The van der Waals surface area contributed by atoms with Crippen molar-refractivity contribution >= 4 is 16.1 Å². The zero-order chi connectivity index (χ0) is 12.0. The van der Waals surface area contributed by atoms with Crippen LogP contribution in [0.3, 0.4) is 0 Å². The second-order valence-corrected chi connectivity index (χ2v) is 3.34. The molecular formula is C4H10F3N3O3S. The van der Waals surface area contributed by atoms with Crippen LogP contribution >= 0.6 is 0 Å². The highest BCUT2D eigenvalue weighted by Gasteiger charge is 2.36. The van der Waals surface area contributed by atoms with Crippen molar-refractivity contribution in [3.63, 3.8) is 0 Å². The van der Waals surface area contributed by atoms with Crippen LogP contribution in [-0.4, -0.2) is 31.0 Å². The normalized spacial score (nSPS) is 11.5. The number of rotatable bonds is 1. The molecule has 0 radical (unpaired) electrons. The number of hydrogen-bond donors (Lipinski definition) is 3. The molecule has 0 saturated heterocycles. The van der Waals surface area contributed by atoms with E-state index in [0.29, 0.717) is 0 Å². The van der Waals surface area contributed by atoms with E-state index in [-0.39, 0.29) is 5.96 Å². The van der Waals surface area contributed by atoms with Crippen molar-refractivity contribution in [1.82, 2.24) is 0 Å². The summed E-state index contributed by atoms with van der Waals surface area (Å²) in [7, 11) is -6.09. The van der Waals surface area contributed by atoms with E-state index < -0.39 is 15.6 Å². The molecule has 0 bridgehead atoms. The monoisotopic (exact) mass is 237 g/mol. The summed E-state index contributed by atoms with van der Waals surface area (Å²) in [6.45, 7) is 2.80. The average molecular weight is 237 g/mol. The van der Waals surface area contributed by atoms with E-state index >= 15 is 0 Å². The molecule has 0 atom stereocenters.